The van der Waals surface area contributed by atoms with Crippen molar-refractivity contribution < 1.29 is 9.53 Å². The molecule has 0 saturated heterocycles. The molecule has 1 aromatic heterocycles. The fourth-order valence-electron chi connectivity index (χ4n) is 1.03. The number of hydrogen-bond donors (Lipinski definition) is 1. The predicted octanol–water partition coefficient (Wildman–Crippen LogP) is 0.724. The van der Waals surface area contributed by atoms with Crippen LogP contribution in [0.3, 0.4) is 0 Å². The predicted molar refractivity (Wildman–Crippen MR) is 47.8 cm³/mol. The lowest BCUT2D eigenvalue weighted by atomic mass is 10.2. The van der Waals surface area contributed by atoms with Gasteiger partial charge in [-0.2, -0.15) is 0 Å². The number of aromatic amines is 1. The molecule has 0 radical (unpaired) electrons. The average Bonchev–Trinajstić information content (AvgIpc) is 2.15. The highest BCUT2D eigenvalue weighted by atomic mass is 16.5. The first-order valence-electron chi connectivity index (χ1n) is 3.99. The quantitative estimate of drug-likeness (QED) is 0.684. The highest BCUT2D eigenvalue weighted by Gasteiger charge is 2.06. The first-order valence-corrected chi connectivity index (χ1v) is 3.99. The van der Waals surface area contributed by atoms with Crippen molar-refractivity contribution in [3.63, 3.8) is 0 Å². The van der Waals surface area contributed by atoms with Gasteiger partial charge in [-0.25, -0.2) is 4.79 Å². The van der Waals surface area contributed by atoms with Crippen molar-refractivity contribution in [3.05, 3.63) is 33.7 Å². The Morgan fingerprint density at radius 2 is 2.23 bits per heavy atom. The summed E-state index contributed by atoms with van der Waals surface area (Å²) in [6.07, 6.45) is 0.681. The van der Waals surface area contributed by atoms with Crippen molar-refractivity contribution in [3.8, 4) is 0 Å². The number of aromatic nitrogens is 1. The van der Waals surface area contributed by atoms with E-state index in [1.165, 1.54) is 13.2 Å². The number of pyridine rings is 1. The van der Waals surface area contributed by atoms with E-state index in [1.54, 1.807) is 6.07 Å². The molecule has 0 aliphatic carbocycles. The van der Waals surface area contributed by atoms with E-state index in [1.807, 2.05) is 6.92 Å². The van der Waals surface area contributed by atoms with Gasteiger partial charge in [0.25, 0.3) is 0 Å². The van der Waals surface area contributed by atoms with E-state index in [9.17, 15) is 9.59 Å². The summed E-state index contributed by atoms with van der Waals surface area (Å²) in [7, 11) is 1.29. The van der Waals surface area contributed by atoms with Gasteiger partial charge in [0.1, 0.15) is 0 Å². The summed E-state index contributed by atoms with van der Waals surface area (Å²) in [5.41, 5.74) is 0.746. The monoisotopic (exact) mass is 181 g/mol. The lowest BCUT2D eigenvalue weighted by Gasteiger charge is -2.00. The Morgan fingerprint density at radius 3 is 2.77 bits per heavy atom. The maximum absolute atomic E-state index is 11.1. The summed E-state index contributed by atoms with van der Waals surface area (Å²) in [6, 6.07) is 2.85. The number of ether oxygens (including phenoxy) is 1. The van der Waals surface area contributed by atoms with Gasteiger partial charge >= 0.3 is 5.97 Å². The lowest BCUT2D eigenvalue weighted by Crippen LogP contribution is -2.12. The Morgan fingerprint density at radius 1 is 1.54 bits per heavy atom. The number of esters is 1. The Kier molecular flexibility index (Phi) is 2.84. The molecule has 0 atom stereocenters. The van der Waals surface area contributed by atoms with Crippen molar-refractivity contribution in [2.45, 2.75) is 13.3 Å². The fraction of sp³-hybridized carbons (Fsp3) is 0.333. The zero-order chi connectivity index (χ0) is 9.84. The molecule has 1 rings (SSSR count). The minimum absolute atomic E-state index is 0.278. The van der Waals surface area contributed by atoms with Gasteiger partial charge in [-0.1, -0.05) is 6.92 Å². The molecule has 0 spiro atoms. The van der Waals surface area contributed by atoms with Gasteiger partial charge < -0.3 is 9.72 Å². The van der Waals surface area contributed by atoms with Crippen LogP contribution in [0.15, 0.2) is 16.9 Å². The summed E-state index contributed by atoms with van der Waals surface area (Å²) in [6.45, 7) is 1.90. The van der Waals surface area contributed by atoms with Crippen molar-refractivity contribution in [1.29, 1.82) is 0 Å². The van der Waals surface area contributed by atoms with Gasteiger partial charge in [0.2, 0.25) is 5.56 Å². The number of hydrogen-bond acceptors (Lipinski definition) is 3. The Hall–Kier alpha value is -1.58. The molecule has 0 amide bonds. The number of carbonyl (C=O) groups is 1. The molecule has 0 unspecified atom stereocenters. The third-order valence-corrected chi connectivity index (χ3v) is 1.70. The first-order chi connectivity index (χ1) is 6.17. The number of methoxy groups -OCH3 is 1. The van der Waals surface area contributed by atoms with E-state index in [4.69, 9.17) is 0 Å². The highest BCUT2D eigenvalue weighted by molar-refractivity contribution is 5.89. The number of H-pyrrole nitrogens is 1. The van der Waals surface area contributed by atoms with Gasteiger partial charge in [-0.05, 0) is 12.5 Å². The molecular formula is C9H11NO3. The van der Waals surface area contributed by atoms with E-state index < -0.39 is 5.97 Å². The van der Waals surface area contributed by atoms with Gasteiger partial charge in [0, 0.05) is 11.8 Å². The summed E-state index contributed by atoms with van der Waals surface area (Å²) in [4.78, 5) is 24.7. The number of carbonyl (C=O) groups excluding carboxylic acids is 1. The van der Waals surface area contributed by atoms with Gasteiger partial charge in [-0.15, -0.1) is 0 Å². The number of aryl methyl sites for hydroxylation is 1. The van der Waals surface area contributed by atoms with E-state index in [-0.39, 0.29) is 5.56 Å². The van der Waals surface area contributed by atoms with Crippen LogP contribution in [-0.4, -0.2) is 18.1 Å². The summed E-state index contributed by atoms with van der Waals surface area (Å²) in [5, 5.41) is 0. The van der Waals surface area contributed by atoms with E-state index in [2.05, 4.69) is 9.72 Å². The fourth-order valence-corrected chi connectivity index (χ4v) is 1.03. The molecule has 0 saturated carbocycles. The van der Waals surface area contributed by atoms with Crippen LogP contribution in [0, 0.1) is 0 Å². The molecule has 4 heteroatoms. The first kappa shape index (κ1) is 9.51. The molecule has 1 N–H and O–H groups in total. The second-order valence-electron chi connectivity index (χ2n) is 2.60. The van der Waals surface area contributed by atoms with Crippen LogP contribution in [-0.2, 0) is 11.2 Å². The zero-order valence-corrected chi connectivity index (χ0v) is 7.59. The van der Waals surface area contributed by atoms with Gasteiger partial charge in [0.15, 0.2) is 0 Å². The Labute approximate surface area is 75.5 Å². The molecule has 70 valence electrons. The standard InChI is InChI=1S/C9H11NO3/c1-3-7-4-6(9(12)13-2)5-8(11)10-7/h4-5H,3H2,1-2H3,(H,10,11). The molecule has 0 aliphatic heterocycles. The maximum atomic E-state index is 11.1. The third kappa shape index (κ3) is 2.18. The molecule has 13 heavy (non-hydrogen) atoms. The molecule has 1 aromatic rings. The van der Waals surface area contributed by atoms with Crippen molar-refractivity contribution in [2.24, 2.45) is 0 Å². The Balaban J connectivity index is 3.16. The lowest BCUT2D eigenvalue weighted by molar-refractivity contribution is 0.0600. The normalized spacial score (nSPS) is 9.69. The third-order valence-electron chi connectivity index (χ3n) is 1.70. The molecular weight excluding hydrogens is 170 g/mol. The zero-order valence-electron chi connectivity index (χ0n) is 7.59. The summed E-state index contributed by atoms with van der Waals surface area (Å²) >= 11 is 0. The van der Waals surface area contributed by atoms with Gasteiger partial charge in [0.05, 0.1) is 12.7 Å². The van der Waals surface area contributed by atoms with E-state index >= 15 is 0 Å². The Bertz CT molecular complexity index is 367. The maximum Gasteiger partial charge on any atom is 0.338 e. The van der Waals surface area contributed by atoms with E-state index in [0.717, 1.165) is 5.69 Å². The molecule has 0 aliphatic rings. The second-order valence-corrected chi connectivity index (χ2v) is 2.60. The SMILES string of the molecule is CCc1cc(C(=O)OC)cc(=O)[nH]1. The molecule has 1 heterocycles. The van der Waals surface area contributed by atoms with E-state index in [0.29, 0.717) is 12.0 Å². The van der Waals surface area contributed by atoms with Crippen LogP contribution in [0.25, 0.3) is 0 Å². The van der Waals surface area contributed by atoms with Crippen LogP contribution in [0.2, 0.25) is 0 Å². The molecule has 0 aromatic carbocycles. The molecule has 4 nitrogen and oxygen atoms in total. The minimum Gasteiger partial charge on any atom is -0.465 e. The van der Waals surface area contributed by atoms with Crippen molar-refractivity contribution in [1.82, 2.24) is 4.98 Å². The van der Waals surface area contributed by atoms with Gasteiger partial charge in [-0.3, -0.25) is 4.79 Å². The van der Waals surface area contributed by atoms with Crippen LogP contribution < -0.4 is 5.56 Å². The average molecular weight is 181 g/mol. The largest absolute Gasteiger partial charge is 0.465 e. The van der Waals surface area contributed by atoms with Crippen LogP contribution in [0.4, 0.5) is 0 Å². The van der Waals surface area contributed by atoms with Crippen molar-refractivity contribution in [2.75, 3.05) is 7.11 Å². The van der Waals surface area contributed by atoms with Crippen LogP contribution in [0.5, 0.6) is 0 Å². The van der Waals surface area contributed by atoms with Crippen LogP contribution >= 0.6 is 0 Å². The molecule has 0 fully saturated rings. The molecule has 0 bridgehead atoms. The minimum atomic E-state index is -0.485. The number of nitrogens with one attached hydrogen (secondary N) is 1. The smallest absolute Gasteiger partial charge is 0.338 e. The highest BCUT2D eigenvalue weighted by Crippen LogP contribution is 2.00. The second kappa shape index (κ2) is 3.89. The summed E-state index contributed by atoms with van der Waals surface area (Å²) < 4.78 is 4.50. The summed E-state index contributed by atoms with van der Waals surface area (Å²) in [5.74, 6) is -0.485. The van der Waals surface area contributed by atoms with Crippen molar-refractivity contribution >= 4 is 5.97 Å². The number of rotatable bonds is 2. The van der Waals surface area contributed by atoms with Crippen LogP contribution in [0.1, 0.15) is 23.0 Å². The topological polar surface area (TPSA) is 59.2 Å².